The molecule has 3 aromatic carbocycles. The Balaban J connectivity index is 1.53. The van der Waals surface area contributed by atoms with E-state index in [0.29, 0.717) is 36.6 Å². The Kier molecular flexibility index (Phi) is 5.15. The number of piperazine rings is 1. The lowest BCUT2D eigenvalue weighted by Gasteiger charge is -2.34. The number of amides is 1. The summed E-state index contributed by atoms with van der Waals surface area (Å²) in [7, 11) is -3.57. The van der Waals surface area contributed by atoms with E-state index in [1.807, 2.05) is 68.4 Å². The fourth-order valence-electron chi connectivity index (χ4n) is 3.84. The Morgan fingerprint density at radius 1 is 0.862 bits per heavy atom. The maximum Gasteiger partial charge on any atom is 0.254 e. The molecule has 1 heterocycles. The summed E-state index contributed by atoms with van der Waals surface area (Å²) in [4.78, 5) is 15.2. The molecule has 0 atom stereocenters. The summed E-state index contributed by atoms with van der Waals surface area (Å²) in [5.74, 6) is -0.0504. The minimum absolute atomic E-state index is 0.0504. The Morgan fingerprint density at radius 2 is 1.55 bits per heavy atom. The minimum atomic E-state index is -3.57. The molecule has 0 spiro atoms. The third kappa shape index (κ3) is 3.66. The predicted molar refractivity (Wildman–Crippen MR) is 115 cm³/mol. The molecule has 1 aliphatic rings. The monoisotopic (exact) mass is 408 g/mol. The minimum Gasteiger partial charge on any atom is -0.336 e. The van der Waals surface area contributed by atoms with E-state index in [4.69, 9.17) is 0 Å². The molecule has 0 unspecified atom stereocenters. The van der Waals surface area contributed by atoms with E-state index in [2.05, 4.69) is 0 Å². The topological polar surface area (TPSA) is 57.7 Å². The van der Waals surface area contributed by atoms with Gasteiger partial charge in [0.2, 0.25) is 10.0 Å². The van der Waals surface area contributed by atoms with Crippen LogP contribution in [0.5, 0.6) is 0 Å². The molecule has 29 heavy (non-hydrogen) atoms. The number of sulfonamides is 1. The lowest BCUT2D eigenvalue weighted by Crippen LogP contribution is -2.50. The number of hydrogen-bond acceptors (Lipinski definition) is 3. The smallest absolute Gasteiger partial charge is 0.254 e. The summed E-state index contributed by atoms with van der Waals surface area (Å²) in [6.07, 6.45) is 0. The number of nitrogens with zero attached hydrogens (tertiary/aromatic N) is 2. The molecular weight excluding hydrogens is 384 g/mol. The molecular formula is C23H24N2O3S. The summed E-state index contributed by atoms with van der Waals surface area (Å²) < 4.78 is 27.7. The summed E-state index contributed by atoms with van der Waals surface area (Å²) in [5.41, 5.74) is 2.32. The number of benzene rings is 3. The van der Waals surface area contributed by atoms with Crippen molar-refractivity contribution in [3.05, 3.63) is 77.4 Å². The quantitative estimate of drug-likeness (QED) is 0.665. The van der Waals surface area contributed by atoms with Crippen molar-refractivity contribution in [3.63, 3.8) is 0 Å². The first-order valence-corrected chi connectivity index (χ1v) is 11.2. The van der Waals surface area contributed by atoms with Crippen LogP contribution in [0.15, 0.2) is 65.6 Å². The van der Waals surface area contributed by atoms with Gasteiger partial charge in [-0.25, -0.2) is 8.42 Å². The lowest BCUT2D eigenvalue weighted by atomic mass is 10.0. The van der Waals surface area contributed by atoms with Gasteiger partial charge in [0.05, 0.1) is 4.90 Å². The van der Waals surface area contributed by atoms with Crippen LogP contribution in [0, 0.1) is 13.8 Å². The second kappa shape index (κ2) is 7.61. The molecule has 4 rings (SSSR count). The molecule has 1 aliphatic heterocycles. The van der Waals surface area contributed by atoms with Gasteiger partial charge in [0.15, 0.2) is 0 Å². The van der Waals surface area contributed by atoms with Gasteiger partial charge >= 0.3 is 0 Å². The Bertz CT molecular complexity index is 1170. The van der Waals surface area contributed by atoms with Gasteiger partial charge in [0.25, 0.3) is 5.91 Å². The average molecular weight is 409 g/mol. The predicted octanol–water partition coefficient (Wildman–Crippen LogP) is 3.60. The lowest BCUT2D eigenvalue weighted by molar-refractivity contribution is 0.0700. The van der Waals surface area contributed by atoms with Gasteiger partial charge in [-0.15, -0.1) is 0 Å². The van der Waals surface area contributed by atoms with Crippen molar-refractivity contribution in [1.82, 2.24) is 9.21 Å². The van der Waals surface area contributed by atoms with E-state index in [1.165, 1.54) is 4.31 Å². The molecule has 1 saturated heterocycles. The number of carbonyl (C=O) groups excluding carboxylic acids is 1. The Labute approximate surface area is 171 Å². The van der Waals surface area contributed by atoms with Gasteiger partial charge in [0.1, 0.15) is 0 Å². The van der Waals surface area contributed by atoms with E-state index in [1.54, 1.807) is 11.0 Å². The number of aryl methyl sites for hydroxylation is 2. The highest BCUT2D eigenvalue weighted by Crippen LogP contribution is 2.24. The third-order valence-electron chi connectivity index (χ3n) is 5.51. The van der Waals surface area contributed by atoms with E-state index < -0.39 is 10.0 Å². The van der Waals surface area contributed by atoms with Crippen molar-refractivity contribution in [2.24, 2.45) is 0 Å². The number of carbonyl (C=O) groups is 1. The molecule has 0 bridgehead atoms. The molecule has 5 nitrogen and oxygen atoms in total. The SMILES string of the molecule is Cc1ccc(C)c(S(=O)(=O)N2CCN(C(=O)c3cccc4ccccc34)CC2)c1. The van der Waals surface area contributed by atoms with E-state index in [-0.39, 0.29) is 5.91 Å². The zero-order valence-corrected chi connectivity index (χ0v) is 17.4. The van der Waals surface area contributed by atoms with Crippen LogP contribution in [0.1, 0.15) is 21.5 Å². The highest BCUT2D eigenvalue weighted by Gasteiger charge is 2.31. The van der Waals surface area contributed by atoms with E-state index in [0.717, 1.165) is 21.9 Å². The average Bonchev–Trinajstić information content (AvgIpc) is 2.74. The van der Waals surface area contributed by atoms with Gasteiger partial charge in [-0.3, -0.25) is 4.79 Å². The first-order valence-electron chi connectivity index (χ1n) is 9.72. The summed E-state index contributed by atoms with van der Waals surface area (Å²) >= 11 is 0. The van der Waals surface area contributed by atoms with Crippen LogP contribution < -0.4 is 0 Å². The van der Waals surface area contributed by atoms with Gasteiger partial charge < -0.3 is 4.90 Å². The molecule has 0 saturated carbocycles. The summed E-state index contributed by atoms with van der Waals surface area (Å²) in [5, 5.41) is 1.94. The van der Waals surface area contributed by atoms with Gasteiger partial charge in [0, 0.05) is 31.7 Å². The molecule has 0 aliphatic carbocycles. The second-order valence-corrected chi connectivity index (χ2v) is 9.40. The Hall–Kier alpha value is -2.70. The number of rotatable bonds is 3. The first kappa shape index (κ1) is 19.6. The fraction of sp³-hybridized carbons (Fsp3) is 0.261. The highest BCUT2D eigenvalue weighted by atomic mass is 32.2. The van der Waals surface area contributed by atoms with Crippen LogP contribution in [0.4, 0.5) is 0 Å². The van der Waals surface area contributed by atoms with E-state index >= 15 is 0 Å². The van der Waals surface area contributed by atoms with Gasteiger partial charge in [-0.1, -0.05) is 48.5 Å². The number of hydrogen-bond donors (Lipinski definition) is 0. The van der Waals surface area contributed by atoms with Crippen LogP contribution in [0.2, 0.25) is 0 Å². The zero-order chi connectivity index (χ0) is 20.6. The van der Waals surface area contributed by atoms with Crippen LogP contribution in [0.25, 0.3) is 10.8 Å². The van der Waals surface area contributed by atoms with Gasteiger partial charge in [-0.2, -0.15) is 4.31 Å². The molecule has 3 aromatic rings. The van der Waals surface area contributed by atoms with Crippen LogP contribution in [0.3, 0.4) is 0 Å². The van der Waals surface area contributed by atoms with Crippen LogP contribution >= 0.6 is 0 Å². The summed E-state index contributed by atoms with van der Waals surface area (Å²) in [6.45, 7) is 5.06. The van der Waals surface area contributed by atoms with Crippen molar-refractivity contribution in [3.8, 4) is 0 Å². The first-order chi connectivity index (χ1) is 13.9. The number of fused-ring (bicyclic) bond motifs is 1. The molecule has 1 amide bonds. The molecule has 0 N–H and O–H groups in total. The Morgan fingerprint density at radius 3 is 2.31 bits per heavy atom. The summed E-state index contributed by atoms with van der Waals surface area (Å²) in [6, 6.07) is 19.0. The third-order valence-corrected chi connectivity index (χ3v) is 7.55. The van der Waals surface area contributed by atoms with Crippen molar-refractivity contribution in [1.29, 1.82) is 0 Å². The van der Waals surface area contributed by atoms with Crippen LogP contribution in [-0.2, 0) is 10.0 Å². The van der Waals surface area contributed by atoms with Crippen LogP contribution in [-0.4, -0.2) is 49.7 Å². The van der Waals surface area contributed by atoms with Crippen molar-refractivity contribution in [2.45, 2.75) is 18.7 Å². The van der Waals surface area contributed by atoms with Crippen molar-refractivity contribution < 1.29 is 13.2 Å². The molecule has 6 heteroatoms. The highest BCUT2D eigenvalue weighted by molar-refractivity contribution is 7.89. The van der Waals surface area contributed by atoms with Crippen molar-refractivity contribution in [2.75, 3.05) is 26.2 Å². The standard InChI is InChI=1S/C23H24N2O3S/c1-17-10-11-18(2)22(16-17)29(27,28)25-14-12-24(13-15-25)23(26)21-9-5-7-19-6-3-4-8-20(19)21/h3-11,16H,12-15H2,1-2H3. The van der Waals surface area contributed by atoms with Crippen molar-refractivity contribution >= 4 is 26.7 Å². The molecule has 0 aromatic heterocycles. The van der Waals surface area contributed by atoms with Gasteiger partial charge in [-0.05, 0) is 47.9 Å². The molecule has 1 fully saturated rings. The molecule has 0 radical (unpaired) electrons. The zero-order valence-electron chi connectivity index (χ0n) is 16.6. The fourth-order valence-corrected chi connectivity index (χ4v) is 5.57. The van der Waals surface area contributed by atoms with E-state index in [9.17, 15) is 13.2 Å². The largest absolute Gasteiger partial charge is 0.336 e. The normalized spacial score (nSPS) is 15.6. The maximum absolute atomic E-state index is 13.1. The molecule has 150 valence electrons. The second-order valence-electron chi connectivity index (χ2n) is 7.49. The maximum atomic E-state index is 13.1.